The minimum absolute atomic E-state index is 0.0516. The highest BCUT2D eigenvalue weighted by atomic mass is 19.1. The van der Waals surface area contributed by atoms with Gasteiger partial charge in [-0.2, -0.15) is 0 Å². The van der Waals surface area contributed by atoms with Gasteiger partial charge < -0.3 is 10.2 Å². The van der Waals surface area contributed by atoms with Crippen LogP contribution in [-0.4, -0.2) is 48.5 Å². The molecule has 2 aromatic rings. The molecule has 1 amide bonds. The van der Waals surface area contributed by atoms with Gasteiger partial charge in [0.05, 0.1) is 17.5 Å². The zero-order valence-electron chi connectivity index (χ0n) is 16.0. The molecular weight excluding hydrogens is 382 g/mol. The zero-order chi connectivity index (χ0) is 21.0. The third kappa shape index (κ3) is 5.26. The van der Waals surface area contributed by atoms with Crippen molar-refractivity contribution in [1.29, 1.82) is 0 Å². The van der Waals surface area contributed by atoms with Crippen LogP contribution in [0.2, 0.25) is 0 Å². The number of benzene rings is 2. The van der Waals surface area contributed by atoms with Crippen molar-refractivity contribution in [2.45, 2.75) is 13.0 Å². The summed E-state index contributed by atoms with van der Waals surface area (Å²) < 4.78 is 26.9. The summed E-state index contributed by atoms with van der Waals surface area (Å²) in [6.07, 6.45) is 0. The molecule has 0 bridgehead atoms. The Hall–Kier alpha value is -3.07. The summed E-state index contributed by atoms with van der Waals surface area (Å²) in [7, 11) is 0. The predicted octanol–water partition coefficient (Wildman–Crippen LogP) is 2.87. The number of hydrogen-bond acceptors (Lipinski definition) is 5. The SMILES string of the molecule is C[C@@H](NC(=O)CN1CCN(c2ccc([N+](=O)[O-])cc2)CC1)c1ccc(F)cc1F. The van der Waals surface area contributed by atoms with Crippen molar-refractivity contribution in [3.05, 3.63) is 69.8 Å². The second-order valence-corrected chi connectivity index (χ2v) is 6.99. The van der Waals surface area contributed by atoms with Crippen LogP contribution in [0, 0.1) is 21.7 Å². The molecule has 0 radical (unpaired) electrons. The average Bonchev–Trinajstić information content (AvgIpc) is 2.68. The summed E-state index contributed by atoms with van der Waals surface area (Å²) in [5.41, 5.74) is 1.19. The van der Waals surface area contributed by atoms with E-state index in [9.17, 15) is 23.7 Å². The number of amides is 1. The van der Waals surface area contributed by atoms with Gasteiger partial charge in [-0.3, -0.25) is 19.8 Å². The highest BCUT2D eigenvalue weighted by molar-refractivity contribution is 5.78. The number of halogens is 2. The second-order valence-electron chi connectivity index (χ2n) is 6.99. The Bertz CT molecular complexity index is 884. The molecule has 1 saturated heterocycles. The normalized spacial score (nSPS) is 15.8. The quantitative estimate of drug-likeness (QED) is 0.592. The Labute approximate surface area is 167 Å². The number of rotatable bonds is 6. The van der Waals surface area contributed by atoms with Crippen LogP contribution in [0.25, 0.3) is 0 Å². The van der Waals surface area contributed by atoms with E-state index in [4.69, 9.17) is 0 Å². The number of nitro groups is 1. The van der Waals surface area contributed by atoms with Gasteiger partial charge in [0.2, 0.25) is 5.91 Å². The van der Waals surface area contributed by atoms with Crippen molar-refractivity contribution in [3.8, 4) is 0 Å². The lowest BCUT2D eigenvalue weighted by atomic mass is 10.1. The van der Waals surface area contributed by atoms with Gasteiger partial charge in [0.15, 0.2) is 0 Å². The van der Waals surface area contributed by atoms with Crippen LogP contribution < -0.4 is 10.2 Å². The summed E-state index contributed by atoms with van der Waals surface area (Å²) in [6, 6.07) is 9.13. The third-order valence-electron chi connectivity index (χ3n) is 4.97. The first-order chi connectivity index (χ1) is 13.8. The van der Waals surface area contributed by atoms with E-state index in [1.54, 1.807) is 19.1 Å². The van der Waals surface area contributed by atoms with Crippen molar-refractivity contribution in [1.82, 2.24) is 10.2 Å². The van der Waals surface area contributed by atoms with Gasteiger partial charge in [0.1, 0.15) is 11.6 Å². The number of non-ortho nitro benzene ring substituents is 1. The molecule has 0 spiro atoms. The topological polar surface area (TPSA) is 78.7 Å². The number of piperazine rings is 1. The number of anilines is 1. The number of hydrogen-bond donors (Lipinski definition) is 1. The molecule has 1 aliphatic rings. The van der Waals surface area contributed by atoms with Gasteiger partial charge in [0, 0.05) is 55.6 Å². The number of nitrogens with zero attached hydrogens (tertiary/aromatic N) is 3. The van der Waals surface area contributed by atoms with E-state index < -0.39 is 22.6 Å². The number of nitro benzene ring substituents is 1. The Morgan fingerprint density at radius 2 is 1.79 bits per heavy atom. The number of nitrogens with one attached hydrogen (secondary N) is 1. The maximum Gasteiger partial charge on any atom is 0.269 e. The fraction of sp³-hybridized carbons (Fsp3) is 0.350. The van der Waals surface area contributed by atoms with E-state index in [2.05, 4.69) is 10.2 Å². The van der Waals surface area contributed by atoms with E-state index in [0.717, 1.165) is 11.8 Å². The minimum atomic E-state index is -0.686. The van der Waals surface area contributed by atoms with Crippen LogP contribution in [-0.2, 0) is 4.79 Å². The van der Waals surface area contributed by atoms with Gasteiger partial charge in [-0.1, -0.05) is 6.07 Å². The second kappa shape index (κ2) is 8.95. The highest BCUT2D eigenvalue weighted by Gasteiger charge is 2.21. The maximum atomic E-state index is 13.8. The lowest BCUT2D eigenvalue weighted by molar-refractivity contribution is -0.384. The number of carbonyl (C=O) groups is 1. The average molecular weight is 404 g/mol. The maximum absolute atomic E-state index is 13.8. The van der Waals surface area contributed by atoms with Crippen LogP contribution in [0.4, 0.5) is 20.2 Å². The van der Waals surface area contributed by atoms with E-state index in [1.165, 1.54) is 24.3 Å². The van der Waals surface area contributed by atoms with Crippen molar-refractivity contribution in [3.63, 3.8) is 0 Å². The van der Waals surface area contributed by atoms with Crippen molar-refractivity contribution < 1.29 is 18.5 Å². The fourth-order valence-electron chi connectivity index (χ4n) is 3.37. The predicted molar refractivity (Wildman–Crippen MR) is 105 cm³/mol. The van der Waals surface area contributed by atoms with Crippen molar-refractivity contribution in [2.24, 2.45) is 0 Å². The molecule has 1 fully saturated rings. The molecule has 1 aliphatic heterocycles. The lowest BCUT2D eigenvalue weighted by Gasteiger charge is -2.35. The van der Waals surface area contributed by atoms with Crippen molar-refractivity contribution >= 4 is 17.3 Å². The summed E-state index contributed by atoms with van der Waals surface area (Å²) >= 11 is 0. The molecule has 9 heteroatoms. The molecule has 0 aromatic heterocycles. The summed E-state index contributed by atoms with van der Waals surface area (Å²) in [5.74, 6) is -1.57. The van der Waals surface area contributed by atoms with Gasteiger partial charge >= 0.3 is 0 Å². The number of carbonyl (C=O) groups excluding carboxylic acids is 1. The summed E-state index contributed by atoms with van der Waals surface area (Å²) in [6.45, 7) is 4.52. The molecule has 29 heavy (non-hydrogen) atoms. The standard InChI is InChI=1S/C20H22F2N4O3/c1-14(18-7-2-15(21)12-19(18)22)23-20(27)13-24-8-10-25(11-9-24)16-3-5-17(6-4-16)26(28)29/h2-7,12,14H,8-11,13H2,1H3,(H,23,27)/t14-/m1/s1. The Kier molecular flexibility index (Phi) is 6.38. The van der Waals surface area contributed by atoms with Crippen LogP contribution >= 0.6 is 0 Å². The molecule has 0 aliphatic carbocycles. The van der Waals surface area contributed by atoms with Crippen molar-refractivity contribution in [2.75, 3.05) is 37.6 Å². The van der Waals surface area contributed by atoms with Gasteiger partial charge in [-0.05, 0) is 25.1 Å². The van der Waals surface area contributed by atoms with E-state index in [-0.39, 0.29) is 23.7 Å². The molecule has 1 N–H and O–H groups in total. The lowest BCUT2D eigenvalue weighted by Crippen LogP contribution is -2.49. The first kappa shape index (κ1) is 20.7. The van der Waals surface area contributed by atoms with Crippen LogP contribution in [0.3, 0.4) is 0 Å². The third-order valence-corrected chi connectivity index (χ3v) is 4.97. The fourth-order valence-corrected chi connectivity index (χ4v) is 3.37. The molecule has 1 heterocycles. The molecule has 154 valence electrons. The monoisotopic (exact) mass is 404 g/mol. The van der Waals surface area contributed by atoms with E-state index >= 15 is 0 Å². The highest BCUT2D eigenvalue weighted by Crippen LogP contribution is 2.21. The minimum Gasteiger partial charge on any atom is -0.369 e. The van der Waals surface area contributed by atoms with Crippen LogP contribution in [0.1, 0.15) is 18.5 Å². The van der Waals surface area contributed by atoms with Gasteiger partial charge in [-0.15, -0.1) is 0 Å². The largest absolute Gasteiger partial charge is 0.369 e. The van der Waals surface area contributed by atoms with E-state index in [0.29, 0.717) is 26.2 Å². The molecule has 1 atom stereocenters. The van der Waals surface area contributed by atoms with Gasteiger partial charge in [0.25, 0.3) is 5.69 Å². The molecule has 0 saturated carbocycles. The molecule has 3 rings (SSSR count). The van der Waals surface area contributed by atoms with E-state index in [1.807, 2.05) is 4.90 Å². The zero-order valence-corrected chi connectivity index (χ0v) is 16.0. The van der Waals surface area contributed by atoms with Crippen LogP contribution in [0.5, 0.6) is 0 Å². The van der Waals surface area contributed by atoms with Gasteiger partial charge in [-0.25, -0.2) is 8.78 Å². The summed E-state index contributed by atoms with van der Waals surface area (Å²) in [5, 5.41) is 13.5. The Morgan fingerprint density at radius 3 is 2.38 bits per heavy atom. The first-order valence-electron chi connectivity index (χ1n) is 9.29. The molecular formula is C20H22F2N4O3. The molecule has 7 nitrogen and oxygen atoms in total. The molecule has 2 aromatic carbocycles. The Balaban J connectivity index is 1.48. The molecule has 0 unspecified atom stereocenters. The van der Waals surface area contributed by atoms with Crippen LogP contribution in [0.15, 0.2) is 42.5 Å². The summed E-state index contributed by atoms with van der Waals surface area (Å²) in [4.78, 5) is 26.7. The smallest absolute Gasteiger partial charge is 0.269 e. The first-order valence-corrected chi connectivity index (χ1v) is 9.29. The Morgan fingerprint density at radius 1 is 1.14 bits per heavy atom.